The van der Waals surface area contributed by atoms with Crippen LogP contribution in [0.25, 0.3) is 12.2 Å². The van der Waals surface area contributed by atoms with Crippen LogP contribution in [0.2, 0.25) is 0 Å². The minimum Gasteiger partial charge on any atom is -0.478 e. The second-order valence-corrected chi connectivity index (χ2v) is 4.96. The van der Waals surface area contributed by atoms with Crippen LogP contribution in [0.3, 0.4) is 0 Å². The molecule has 106 valence electrons. The molecule has 21 heavy (non-hydrogen) atoms. The number of hydrogen-bond acceptors (Lipinski definition) is 2. The zero-order chi connectivity index (χ0) is 14.8. The lowest BCUT2D eigenvalue weighted by Gasteiger charge is -2.18. The quantitative estimate of drug-likeness (QED) is 0.855. The first-order valence-corrected chi connectivity index (χ1v) is 6.63. The molecule has 1 amide bonds. The molecule has 0 aromatic heterocycles. The van der Waals surface area contributed by atoms with Crippen molar-refractivity contribution in [1.29, 1.82) is 0 Å². The van der Waals surface area contributed by atoms with Gasteiger partial charge in [-0.3, -0.25) is 4.79 Å². The van der Waals surface area contributed by atoms with Gasteiger partial charge in [-0.1, -0.05) is 42.0 Å². The molecule has 3 rings (SSSR count). The summed E-state index contributed by atoms with van der Waals surface area (Å²) in [5, 5.41) is 2.61. The smallest absolute Gasteiger partial charge is 0.262 e. The number of amides is 1. The normalized spacial score (nSPS) is 13.7. The number of ether oxygens (including phenoxy) is 1. The van der Waals surface area contributed by atoms with Crippen molar-refractivity contribution in [3.05, 3.63) is 58.9 Å². The lowest BCUT2D eigenvalue weighted by atomic mass is 10.1. The summed E-state index contributed by atoms with van der Waals surface area (Å²) in [6.45, 7) is 1.87. The van der Waals surface area contributed by atoms with E-state index >= 15 is 0 Å². The van der Waals surface area contributed by atoms with Crippen LogP contribution >= 0.6 is 0 Å². The summed E-state index contributed by atoms with van der Waals surface area (Å²) in [7, 11) is 0. The van der Waals surface area contributed by atoms with Gasteiger partial charge >= 0.3 is 0 Å². The van der Waals surface area contributed by atoms with Gasteiger partial charge in [-0.05, 0) is 30.2 Å². The van der Waals surface area contributed by atoms with Gasteiger partial charge in [0.1, 0.15) is 0 Å². The highest BCUT2D eigenvalue weighted by Gasteiger charge is 2.20. The Morgan fingerprint density at radius 3 is 2.81 bits per heavy atom. The zero-order valence-corrected chi connectivity index (χ0v) is 11.5. The molecule has 0 atom stereocenters. The van der Waals surface area contributed by atoms with E-state index in [-0.39, 0.29) is 18.3 Å². The number of nitrogens with one attached hydrogen (secondary N) is 1. The second-order valence-electron chi connectivity index (χ2n) is 4.96. The molecule has 0 fully saturated rings. The van der Waals surface area contributed by atoms with E-state index in [9.17, 15) is 9.18 Å². The highest BCUT2D eigenvalue weighted by molar-refractivity contribution is 5.96. The molecule has 0 aliphatic carbocycles. The topological polar surface area (TPSA) is 38.3 Å². The van der Waals surface area contributed by atoms with Crippen molar-refractivity contribution in [2.75, 3.05) is 11.9 Å². The number of halogens is 1. The molecule has 1 N–H and O–H groups in total. The Hall–Kier alpha value is -2.62. The van der Waals surface area contributed by atoms with Crippen LogP contribution < -0.4 is 10.1 Å². The first-order chi connectivity index (χ1) is 10.1. The molecule has 4 heteroatoms. The Labute approximate surface area is 122 Å². The summed E-state index contributed by atoms with van der Waals surface area (Å²) in [5.41, 5.74) is 3.23. The van der Waals surface area contributed by atoms with Gasteiger partial charge < -0.3 is 10.1 Å². The average Bonchev–Trinajstić information content (AvgIpc) is 2.45. The highest BCUT2D eigenvalue weighted by atomic mass is 19.1. The maximum absolute atomic E-state index is 13.9. The third kappa shape index (κ3) is 2.94. The fourth-order valence-electron chi connectivity index (χ4n) is 2.24. The molecule has 0 radical (unpaired) electrons. The number of carbonyl (C=O) groups is 1. The number of fused-ring (bicyclic) bond motifs is 1. The zero-order valence-electron chi connectivity index (χ0n) is 11.5. The molecule has 2 aromatic carbocycles. The summed E-state index contributed by atoms with van der Waals surface area (Å²) in [5.74, 6) is -0.652. The van der Waals surface area contributed by atoms with E-state index in [2.05, 4.69) is 5.32 Å². The Morgan fingerprint density at radius 1 is 1.19 bits per heavy atom. The van der Waals surface area contributed by atoms with Crippen molar-refractivity contribution in [3.63, 3.8) is 0 Å². The number of carbonyl (C=O) groups excluding carboxylic acids is 1. The number of anilines is 1. The number of hydrogen-bond donors (Lipinski definition) is 1. The van der Waals surface area contributed by atoms with Gasteiger partial charge in [0, 0.05) is 0 Å². The lowest BCUT2D eigenvalue weighted by molar-refractivity contribution is -0.118. The Morgan fingerprint density at radius 2 is 2.00 bits per heavy atom. The molecule has 0 saturated carbocycles. The monoisotopic (exact) mass is 283 g/mol. The van der Waals surface area contributed by atoms with Crippen LogP contribution in [-0.2, 0) is 4.79 Å². The first kappa shape index (κ1) is 13.4. The van der Waals surface area contributed by atoms with Gasteiger partial charge in [0.25, 0.3) is 5.91 Å². The first-order valence-electron chi connectivity index (χ1n) is 6.63. The van der Waals surface area contributed by atoms with E-state index in [1.54, 1.807) is 12.1 Å². The maximum Gasteiger partial charge on any atom is 0.262 e. The lowest BCUT2D eigenvalue weighted by Crippen LogP contribution is -2.26. The van der Waals surface area contributed by atoms with E-state index < -0.39 is 5.82 Å². The van der Waals surface area contributed by atoms with Gasteiger partial charge in [-0.2, -0.15) is 0 Å². The Bertz CT molecular complexity index is 738. The van der Waals surface area contributed by atoms with Gasteiger partial charge in [0.05, 0.1) is 5.69 Å². The van der Waals surface area contributed by atoms with E-state index in [1.807, 2.05) is 37.3 Å². The molecule has 2 aromatic rings. The number of benzene rings is 2. The van der Waals surface area contributed by atoms with Gasteiger partial charge in [0.2, 0.25) is 0 Å². The van der Waals surface area contributed by atoms with Crippen molar-refractivity contribution < 1.29 is 13.9 Å². The molecule has 3 nitrogen and oxygen atoms in total. The van der Waals surface area contributed by atoms with Crippen molar-refractivity contribution >= 4 is 23.7 Å². The summed E-state index contributed by atoms with van der Waals surface area (Å²) in [4.78, 5) is 11.3. The summed E-state index contributed by atoms with van der Waals surface area (Å²) >= 11 is 0. The van der Waals surface area contributed by atoms with Gasteiger partial charge in [-0.15, -0.1) is 0 Å². The molecule has 1 aliphatic rings. The molecule has 1 heterocycles. The molecule has 0 saturated heterocycles. The number of aryl methyl sites for hydroxylation is 1. The predicted molar refractivity (Wildman–Crippen MR) is 80.6 cm³/mol. The summed E-state index contributed by atoms with van der Waals surface area (Å²) in [6, 6.07) is 11.1. The van der Waals surface area contributed by atoms with E-state index in [4.69, 9.17) is 4.74 Å². The van der Waals surface area contributed by atoms with Crippen molar-refractivity contribution in [1.82, 2.24) is 0 Å². The van der Waals surface area contributed by atoms with Crippen LogP contribution in [0.4, 0.5) is 10.1 Å². The Kier molecular flexibility index (Phi) is 3.44. The largest absolute Gasteiger partial charge is 0.478 e. The van der Waals surface area contributed by atoms with Gasteiger partial charge in [0.15, 0.2) is 18.2 Å². The minimum absolute atomic E-state index is 0.0994. The van der Waals surface area contributed by atoms with Crippen molar-refractivity contribution in [3.8, 4) is 5.75 Å². The summed E-state index contributed by atoms with van der Waals surface area (Å²) < 4.78 is 19.0. The Balaban J connectivity index is 1.91. The van der Waals surface area contributed by atoms with Crippen molar-refractivity contribution in [2.24, 2.45) is 0 Å². The molecule has 0 spiro atoms. The standard InChI is InChI=1S/C17H14FNO2/c1-11-3-2-4-12(7-11)5-6-13-8-14(18)17-15(9-13)19-16(20)10-21-17/h2-9H,10H2,1H3,(H,19,20)/b6-5+. The second kappa shape index (κ2) is 5.40. The maximum atomic E-state index is 13.9. The molecule has 0 unspecified atom stereocenters. The van der Waals surface area contributed by atoms with E-state index in [0.717, 1.165) is 11.1 Å². The molecule has 1 aliphatic heterocycles. The average molecular weight is 283 g/mol. The fourth-order valence-corrected chi connectivity index (χ4v) is 2.24. The molecular weight excluding hydrogens is 269 g/mol. The van der Waals surface area contributed by atoms with Crippen LogP contribution in [0.15, 0.2) is 36.4 Å². The van der Waals surface area contributed by atoms with Crippen LogP contribution in [0.1, 0.15) is 16.7 Å². The fraction of sp³-hybridized carbons (Fsp3) is 0.118. The van der Waals surface area contributed by atoms with Crippen LogP contribution in [0, 0.1) is 12.7 Å². The van der Waals surface area contributed by atoms with Crippen molar-refractivity contribution in [2.45, 2.75) is 6.92 Å². The SMILES string of the molecule is Cc1cccc(/C=C/c2cc(F)c3c(c2)NC(=O)CO3)c1. The number of rotatable bonds is 2. The van der Waals surface area contributed by atoms with Crippen LogP contribution in [-0.4, -0.2) is 12.5 Å². The predicted octanol–water partition coefficient (Wildman–Crippen LogP) is 3.64. The molecular formula is C17H14FNO2. The highest BCUT2D eigenvalue weighted by Crippen LogP contribution is 2.32. The van der Waals surface area contributed by atoms with E-state index in [0.29, 0.717) is 11.3 Å². The third-order valence-corrected chi connectivity index (χ3v) is 3.20. The van der Waals surface area contributed by atoms with Gasteiger partial charge in [-0.25, -0.2) is 4.39 Å². The van der Waals surface area contributed by atoms with Crippen LogP contribution in [0.5, 0.6) is 5.75 Å². The minimum atomic E-state index is -0.476. The summed E-state index contributed by atoms with van der Waals surface area (Å²) in [6.07, 6.45) is 3.71. The molecule has 0 bridgehead atoms. The van der Waals surface area contributed by atoms with E-state index in [1.165, 1.54) is 6.07 Å². The third-order valence-electron chi connectivity index (χ3n) is 3.20.